The van der Waals surface area contributed by atoms with Gasteiger partial charge in [-0.25, -0.2) is 8.42 Å². The monoisotopic (exact) mass is 794 g/mol. The van der Waals surface area contributed by atoms with Crippen molar-refractivity contribution in [2.45, 2.75) is 114 Å². The first-order valence-corrected chi connectivity index (χ1v) is 20.8. The largest absolute Gasteiger partial charge is 2.00 e. The number of aromatic hydroxyl groups is 1. The van der Waals surface area contributed by atoms with Gasteiger partial charge < -0.3 is 24.2 Å². The Hall–Kier alpha value is -2.84. The summed E-state index contributed by atoms with van der Waals surface area (Å²) in [6, 6.07) is 21.2. The van der Waals surface area contributed by atoms with Crippen LogP contribution in [-0.2, 0) is 33.1 Å². The van der Waals surface area contributed by atoms with E-state index in [9.17, 15) is 36.2 Å². The van der Waals surface area contributed by atoms with Crippen molar-refractivity contribution in [1.82, 2.24) is 0 Å². The smallest absolute Gasteiger partial charge is 0.872 e. The Morgan fingerprint density at radius 2 is 1.04 bits per heavy atom. The summed E-state index contributed by atoms with van der Waals surface area (Å²) in [6.07, 6.45) is 16.4. The molecule has 53 heavy (non-hydrogen) atoms. The van der Waals surface area contributed by atoms with Gasteiger partial charge in [-0.3, -0.25) is 4.55 Å². The molecule has 0 unspecified atom stereocenters. The standard InChI is InChI=1S/2C20H26O5S.Ca/c2*1-2-3-4-5-6-7-9-16-10-8-11-18(14-16)25-19-15-17(21)12-13-20(19)26(22,23)24;/h2*8,10-15,21H,2-7,9H2,1H3,(H,22,23,24);/q;;+2/p-2. The molecular weight excluding hydrogens is 745 g/mol. The van der Waals surface area contributed by atoms with Crippen LogP contribution in [0.2, 0.25) is 0 Å². The summed E-state index contributed by atoms with van der Waals surface area (Å²) in [7, 11) is -9.16. The molecule has 0 aliphatic heterocycles. The first-order valence-electron chi connectivity index (χ1n) is 17.9. The molecule has 284 valence electrons. The van der Waals surface area contributed by atoms with Gasteiger partial charge >= 0.3 is 37.7 Å². The van der Waals surface area contributed by atoms with E-state index < -0.39 is 30.9 Å². The maximum atomic E-state index is 11.5. The van der Waals surface area contributed by atoms with E-state index in [1.54, 1.807) is 12.1 Å². The summed E-state index contributed by atoms with van der Waals surface area (Å²) in [5.41, 5.74) is 2.18. The number of ether oxygens (including phenoxy) is 2. The summed E-state index contributed by atoms with van der Waals surface area (Å²) < 4.78 is 77.4. The van der Waals surface area contributed by atoms with Crippen molar-refractivity contribution in [2.75, 3.05) is 0 Å². The number of hydrogen-bond acceptors (Lipinski definition) is 9. The summed E-state index contributed by atoms with van der Waals surface area (Å²) in [6.45, 7) is 4.39. The first-order chi connectivity index (χ1) is 24.8. The van der Waals surface area contributed by atoms with Gasteiger partial charge in [0.15, 0.2) is 5.75 Å². The molecule has 4 aromatic carbocycles. The molecule has 0 bridgehead atoms. The Bertz CT molecular complexity index is 1780. The molecule has 0 radical (unpaired) electrons. The van der Waals surface area contributed by atoms with Crippen molar-refractivity contribution in [3.8, 4) is 34.5 Å². The summed E-state index contributed by atoms with van der Waals surface area (Å²) in [4.78, 5) is -0.907. The van der Waals surface area contributed by atoms with Crippen LogP contribution in [-0.4, -0.2) is 68.8 Å². The average molecular weight is 795 g/mol. The number of rotatable bonds is 20. The van der Waals surface area contributed by atoms with Gasteiger partial charge in [-0.2, -0.15) is 8.42 Å². The van der Waals surface area contributed by atoms with Gasteiger partial charge in [-0.1, -0.05) is 108 Å². The zero-order chi connectivity index (χ0) is 38.0. The molecule has 0 aliphatic carbocycles. The van der Waals surface area contributed by atoms with E-state index in [-0.39, 0.29) is 59.9 Å². The summed E-state index contributed by atoms with van der Waals surface area (Å²) in [5, 5.41) is 21.1. The molecule has 0 saturated carbocycles. The van der Waals surface area contributed by atoms with Crippen molar-refractivity contribution in [1.29, 1.82) is 0 Å². The summed E-state index contributed by atoms with van der Waals surface area (Å²) in [5.74, 6) is -0.0346. The first kappa shape index (κ1) is 46.3. The Morgan fingerprint density at radius 3 is 1.51 bits per heavy atom. The Labute approximate surface area is 345 Å². The van der Waals surface area contributed by atoms with Crippen LogP contribution in [0, 0.1) is 0 Å². The molecular formula is C40H50CaO10S2. The molecule has 4 rings (SSSR count). The zero-order valence-electron chi connectivity index (χ0n) is 30.7. The van der Waals surface area contributed by atoms with Crippen LogP contribution < -0.4 is 14.6 Å². The van der Waals surface area contributed by atoms with E-state index in [1.807, 2.05) is 36.4 Å². The third-order valence-electron chi connectivity index (χ3n) is 8.28. The molecule has 0 amide bonds. The maximum absolute atomic E-state index is 11.5. The van der Waals surface area contributed by atoms with Crippen LogP contribution in [0.1, 0.15) is 102 Å². The fraction of sp³-hybridized carbons (Fsp3) is 0.400. The van der Waals surface area contributed by atoms with Crippen molar-refractivity contribution in [3.05, 3.63) is 96.1 Å². The number of hydrogen-bond donors (Lipinski definition) is 2. The van der Waals surface area contributed by atoms with E-state index in [4.69, 9.17) is 9.47 Å². The van der Waals surface area contributed by atoms with Gasteiger partial charge in [0.1, 0.15) is 38.0 Å². The van der Waals surface area contributed by atoms with Gasteiger partial charge in [-0.15, -0.1) is 5.75 Å². The van der Waals surface area contributed by atoms with Crippen molar-refractivity contribution >= 4 is 58.0 Å². The topological polar surface area (TPSA) is 173 Å². The minimum absolute atomic E-state index is 0. The number of unbranched alkanes of at least 4 members (excludes halogenated alkanes) is 10. The van der Waals surface area contributed by atoms with Gasteiger partial charge in [0.05, 0.1) is 4.90 Å². The molecule has 4 aromatic rings. The van der Waals surface area contributed by atoms with Gasteiger partial charge in [0.2, 0.25) is 0 Å². The van der Waals surface area contributed by atoms with E-state index in [0.717, 1.165) is 61.1 Å². The Kier molecular flexibility index (Phi) is 20.8. The van der Waals surface area contributed by atoms with E-state index >= 15 is 0 Å². The van der Waals surface area contributed by atoms with Crippen LogP contribution >= 0.6 is 0 Å². The molecule has 0 heterocycles. The van der Waals surface area contributed by atoms with Crippen LogP contribution in [0.3, 0.4) is 0 Å². The second-order valence-corrected chi connectivity index (χ2v) is 15.4. The SMILES string of the molecule is CCCCCCCCc1cccc(Oc2cc(O)ccc2S(=O)(=O)O)c1.CCCCCCCCc1cccc(Oc2cc([O-])ccc2S(=O)(=O)[O-])c1.[Ca+2]. The third kappa shape index (κ3) is 17.4. The fourth-order valence-corrected chi connectivity index (χ4v) is 6.74. The molecule has 13 heteroatoms. The van der Waals surface area contributed by atoms with Crippen LogP contribution in [0.15, 0.2) is 94.7 Å². The van der Waals surface area contributed by atoms with Gasteiger partial charge in [0, 0.05) is 6.07 Å². The summed E-state index contributed by atoms with van der Waals surface area (Å²) >= 11 is 0. The van der Waals surface area contributed by atoms with E-state index in [0.29, 0.717) is 11.5 Å². The molecule has 2 N–H and O–H groups in total. The molecule has 0 spiro atoms. The molecule has 10 nitrogen and oxygen atoms in total. The van der Waals surface area contributed by atoms with E-state index in [2.05, 4.69) is 13.8 Å². The fourth-order valence-electron chi connectivity index (χ4n) is 5.57. The number of aryl methyl sites for hydroxylation is 2. The van der Waals surface area contributed by atoms with E-state index in [1.165, 1.54) is 76.3 Å². The molecule has 0 saturated heterocycles. The number of benzene rings is 4. The average Bonchev–Trinajstić information content (AvgIpc) is 3.07. The minimum atomic E-state index is -4.72. The predicted molar refractivity (Wildman–Crippen MR) is 205 cm³/mol. The predicted octanol–water partition coefficient (Wildman–Crippen LogP) is 9.31. The normalized spacial score (nSPS) is 11.2. The maximum Gasteiger partial charge on any atom is 2.00 e. The minimum Gasteiger partial charge on any atom is -0.872 e. The zero-order valence-corrected chi connectivity index (χ0v) is 34.5. The van der Waals surface area contributed by atoms with Crippen molar-refractivity contribution < 1.29 is 45.6 Å². The second kappa shape index (κ2) is 23.8. The second-order valence-electron chi connectivity index (χ2n) is 12.7. The third-order valence-corrected chi connectivity index (χ3v) is 10.0. The Balaban J connectivity index is 0.000000360. The van der Waals surface area contributed by atoms with Crippen LogP contribution in [0.4, 0.5) is 0 Å². The molecule has 0 aliphatic rings. The quantitative estimate of drug-likeness (QED) is 0.0499. The van der Waals surface area contributed by atoms with Crippen LogP contribution in [0.5, 0.6) is 34.5 Å². The molecule has 0 atom stereocenters. The Morgan fingerprint density at radius 1 is 0.585 bits per heavy atom. The van der Waals surface area contributed by atoms with Gasteiger partial charge in [0.25, 0.3) is 10.1 Å². The molecule has 0 aromatic heterocycles. The van der Waals surface area contributed by atoms with Crippen molar-refractivity contribution in [2.24, 2.45) is 0 Å². The van der Waals surface area contributed by atoms with Crippen LogP contribution in [0.25, 0.3) is 0 Å². The van der Waals surface area contributed by atoms with Gasteiger partial charge in [-0.05, 0) is 85.3 Å². The number of phenolic OH excluding ortho intramolecular Hbond substituents is 1. The molecule has 0 fully saturated rings. The van der Waals surface area contributed by atoms with Crippen molar-refractivity contribution in [3.63, 3.8) is 0 Å². The number of phenols is 1.